The van der Waals surface area contributed by atoms with Gasteiger partial charge in [-0.25, -0.2) is 13.8 Å². The van der Waals surface area contributed by atoms with Crippen molar-refractivity contribution in [1.29, 1.82) is 0 Å². The van der Waals surface area contributed by atoms with E-state index in [9.17, 15) is 13.6 Å². The first-order valence-corrected chi connectivity index (χ1v) is 10.5. The topological polar surface area (TPSA) is 54.9 Å². The lowest BCUT2D eigenvalue weighted by atomic mass is 10.3. The van der Waals surface area contributed by atoms with Crippen LogP contribution in [0, 0.1) is 11.6 Å². The van der Waals surface area contributed by atoms with E-state index in [1.54, 1.807) is 12.1 Å². The van der Waals surface area contributed by atoms with E-state index in [-0.39, 0.29) is 18.0 Å². The van der Waals surface area contributed by atoms with Gasteiger partial charge in [0.25, 0.3) is 5.91 Å². The van der Waals surface area contributed by atoms with Crippen molar-refractivity contribution >= 4 is 32.6 Å². The van der Waals surface area contributed by atoms with Gasteiger partial charge in [-0.3, -0.25) is 14.6 Å². The number of halogens is 2. The molecule has 0 aliphatic carbocycles. The van der Waals surface area contributed by atoms with Crippen molar-refractivity contribution in [2.75, 3.05) is 50.9 Å². The van der Waals surface area contributed by atoms with Gasteiger partial charge in [-0.05, 0) is 18.2 Å². The summed E-state index contributed by atoms with van der Waals surface area (Å²) in [6.45, 7) is 3.66. The summed E-state index contributed by atoms with van der Waals surface area (Å²) in [7, 11) is 0. The average molecular weight is 433 g/mol. The van der Waals surface area contributed by atoms with E-state index in [1.165, 1.54) is 11.0 Å². The van der Waals surface area contributed by atoms with Crippen molar-refractivity contribution in [3.63, 3.8) is 0 Å². The molecule has 2 aromatic carbocycles. The number of fused-ring (bicyclic) bond motifs is 1. The molecule has 0 N–H and O–H groups in total. The second-order valence-electron chi connectivity index (χ2n) is 6.83. The van der Waals surface area contributed by atoms with Crippen molar-refractivity contribution in [2.45, 2.75) is 0 Å². The monoisotopic (exact) mass is 433 g/mol. The minimum absolute atomic E-state index is 0.0598. The number of carbonyl (C=O) groups excluding carboxylic acids is 1. The third kappa shape index (κ3) is 4.92. The molecule has 0 spiro atoms. The van der Waals surface area contributed by atoms with E-state index in [1.807, 2.05) is 18.2 Å². The average Bonchev–Trinajstić information content (AvgIpc) is 3.18. The molecule has 1 aliphatic heterocycles. The number of hydrogen-bond donors (Lipinski definition) is 0. The molecule has 3 aromatic rings. The Labute approximate surface area is 176 Å². The second-order valence-corrected chi connectivity index (χ2v) is 7.84. The van der Waals surface area contributed by atoms with Gasteiger partial charge < -0.3 is 9.47 Å². The Morgan fingerprint density at radius 1 is 1.20 bits per heavy atom. The van der Waals surface area contributed by atoms with Crippen LogP contribution in [0.2, 0.25) is 0 Å². The molecule has 1 saturated heterocycles. The lowest BCUT2D eigenvalue weighted by Gasteiger charge is -2.29. The molecule has 1 aromatic heterocycles. The molecule has 1 fully saturated rings. The van der Waals surface area contributed by atoms with E-state index in [2.05, 4.69) is 9.88 Å². The van der Waals surface area contributed by atoms with Crippen LogP contribution >= 0.6 is 11.3 Å². The van der Waals surface area contributed by atoms with Crippen molar-refractivity contribution in [1.82, 2.24) is 9.88 Å². The maximum atomic E-state index is 14.1. The number of hydrogen-bond acceptors (Lipinski definition) is 6. The van der Waals surface area contributed by atoms with Gasteiger partial charge in [-0.15, -0.1) is 0 Å². The summed E-state index contributed by atoms with van der Waals surface area (Å²) in [5.41, 5.74) is 0.0598. The summed E-state index contributed by atoms with van der Waals surface area (Å²) in [5.74, 6) is -1.13. The molecular weight excluding hydrogens is 412 g/mol. The molecule has 30 heavy (non-hydrogen) atoms. The summed E-state index contributed by atoms with van der Waals surface area (Å²) in [4.78, 5) is 20.9. The highest BCUT2D eigenvalue weighted by Gasteiger charge is 2.23. The first-order valence-electron chi connectivity index (χ1n) is 9.64. The number of para-hydroxylation sites is 1. The van der Waals surface area contributed by atoms with E-state index >= 15 is 0 Å². The van der Waals surface area contributed by atoms with E-state index in [4.69, 9.17) is 9.47 Å². The molecule has 1 aliphatic rings. The number of aromatic nitrogens is 1. The number of rotatable bonds is 7. The van der Waals surface area contributed by atoms with Gasteiger partial charge in [-0.1, -0.05) is 29.5 Å². The highest BCUT2D eigenvalue weighted by atomic mass is 32.1. The number of morpholine rings is 1. The zero-order valence-corrected chi connectivity index (χ0v) is 17.0. The van der Waals surface area contributed by atoms with Gasteiger partial charge >= 0.3 is 0 Å². The molecule has 2 heterocycles. The third-order valence-corrected chi connectivity index (χ3v) is 5.81. The SMILES string of the molecule is O=C(COc1ccccc1)N(CCN1CCOCC1)c1nc2c(F)cc(F)cc2s1. The van der Waals surface area contributed by atoms with Gasteiger partial charge in [0.2, 0.25) is 0 Å². The zero-order valence-electron chi connectivity index (χ0n) is 16.2. The summed E-state index contributed by atoms with van der Waals surface area (Å²) in [6, 6.07) is 11.1. The van der Waals surface area contributed by atoms with Crippen LogP contribution in [-0.2, 0) is 9.53 Å². The third-order valence-electron chi connectivity index (χ3n) is 4.78. The van der Waals surface area contributed by atoms with Crippen molar-refractivity contribution in [2.24, 2.45) is 0 Å². The van der Waals surface area contributed by atoms with Crippen LogP contribution in [-0.4, -0.2) is 61.8 Å². The maximum Gasteiger partial charge on any atom is 0.266 e. The van der Waals surface area contributed by atoms with E-state index < -0.39 is 11.6 Å². The van der Waals surface area contributed by atoms with E-state index in [0.29, 0.717) is 41.9 Å². The van der Waals surface area contributed by atoms with Gasteiger partial charge in [0, 0.05) is 32.2 Å². The maximum absolute atomic E-state index is 14.1. The molecule has 9 heteroatoms. The van der Waals surface area contributed by atoms with Crippen LogP contribution < -0.4 is 9.64 Å². The van der Waals surface area contributed by atoms with Crippen LogP contribution in [0.3, 0.4) is 0 Å². The van der Waals surface area contributed by atoms with Gasteiger partial charge in [0.15, 0.2) is 17.6 Å². The Balaban J connectivity index is 1.54. The molecule has 0 radical (unpaired) electrons. The molecule has 4 rings (SSSR count). The predicted octanol–water partition coefficient (Wildman–Crippen LogP) is 3.32. The Morgan fingerprint density at radius 2 is 1.97 bits per heavy atom. The predicted molar refractivity (Wildman–Crippen MR) is 111 cm³/mol. The van der Waals surface area contributed by atoms with Crippen LogP contribution in [0.5, 0.6) is 5.75 Å². The van der Waals surface area contributed by atoms with Crippen molar-refractivity contribution in [3.05, 3.63) is 54.1 Å². The van der Waals surface area contributed by atoms with Crippen molar-refractivity contribution in [3.8, 4) is 5.75 Å². The highest BCUT2D eigenvalue weighted by Crippen LogP contribution is 2.31. The van der Waals surface area contributed by atoms with Crippen molar-refractivity contribution < 1.29 is 23.0 Å². The molecule has 0 bridgehead atoms. The standard InChI is InChI=1S/C21H21F2N3O3S/c22-15-12-17(23)20-18(13-15)30-21(24-20)26(7-6-25-8-10-28-11-9-25)19(27)14-29-16-4-2-1-3-5-16/h1-5,12-13H,6-11,14H2. The molecule has 0 unspecified atom stereocenters. The highest BCUT2D eigenvalue weighted by molar-refractivity contribution is 7.22. The summed E-state index contributed by atoms with van der Waals surface area (Å²) < 4.78 is 39.0. The summed E-state index contributed by atoms with van der Waals surface area (Å²) in [5, 5.41) is 0.324. The fourth-order valence-electron chi connectivity index (χ4n) is 3.19. The minimum Gasteiger partial charge on any atom is -0.484 e. The van der Waals surface area contributed by atoms with E-state index in [0.717, 1.165) is 30.5 Å². The lowest BCUT2D eigenvalue weighted by Crippen LogP contribution is -2.44. The Kier molecular flexibility index (Phi) is 6.51. The molecule has 0 atom stereocenters. The smallest absolute Gasteiger partial charge is 0.266 e. The number of thiazole rings is 1. The summed E-state index contributed by atoms with van der Waals surface area (Å²) >= 11 is 1.09. The quantitative estimate of drug-likeness (QED) is 0.572. The number of carbonyl (C=O) groups is 1. The van der Waals surface area contributed by atoms with Crippen LogP contribution in [0.25, 0.3) is 10.2 Å². The first kappa shape index (κ1) is 20.6. The molecular formula is C21H21F2N3O3S. The Morgan fingerprint density at radius 3 is 2.73 bits per heavy atom. The fraction of sp³-hybridized carbons (Fsp3) is 0.333. The number of benzene rings is 2. The number of nitrogens with zero attached hydrogens (tertiary/aromatic N) is 3. The Hall–Kier alpha value is -2.62. The number of amides is 1. The lowest BCUT2D eigenvalue weighted by molar-refractivity contribution is -0.120. The zero-order chi connectivity index (χ0) is 20.9. The molecule has 0 saturated carbocycles. The molecule has 6 nitrogen and oxygen atoms in total. The first-order chi connectivity index (χ1) is 14.6. The minimum atomic E-state index is -0.742. The van der Waals surface area contributed by atoms with Crippen LogP contribution in [0.15, 0.2) is 42.5 Å². The van der Waals surface area contributed by atoms with Crippen LogP contribution in [0.1, 0.15) is 0 Å². The number of anilines is 1. The number of ether oxygens (including phenoxy) is 2. The van der Waals surface area contributed by atoms with Crippen LogP contribution in [0.4, 0.5) is 13.9 Å². The Bertz CT molecular complexity index is 1010. The largest absolute Gasteiger partial charge is 0.484 e. The van der Waals surface area contributed by atoms with Gasteiger partial charge in [-0.2, -0.15) is 0 Å². The fourth-order valence-corrected chi connectivity index (χ4v) is 4.24. The molecule has 158 valence electrons. The summed E-state index contributed by atoms with van der Waals surface area (Å²) in [6.07, 6.45) is 0. The normalized spacial score (nSPS) is 14.7. The van der Waals surface area contributed by atoms with Gasteiger partial charge in [0.1, 0.15) is 17.1 Å². The van der Waals surface area contributed by atoms with Gasteiger partial charge in [0.05, 0.1) is 17.9 Å². The molecule has 1 amide bonds. The second kappa shape index (κ2) is 9.46.